The van der Waals surface area contributed by atoms with Crippen LogP contribution in [0.4, 0.5) is 0 Å². The van der Waals surface area contributed by atoms with Gasteiger partial charge in [-0.1, -0.05) is 0 Å². The molecule has 0 aliphatic carbocycles. The first-order valence-electron chi connectivity index (χ1n) is 4.48. The van der Waals surface area contributed by atoms with Crippen LogP contribution in [0.5, 0.6) is 0 Å². The summed E-state index contributed by atoms with van der Waals surface area (Å²) in [7, 11) is 0. The Bertz CT molecular complexity index is 522. The molecule has 4 heteroatoms. The summed E-state index contributed by atoms with van der Waals surface area (Å²) in [5, 5.41) is 0. The summed E-state index contributed by atoms with van der Waals surface area (Å²) in [6.45, 7) is 7.62. The maximum absolute atomic E-state index is 11.3. The van der Waals surface area contributed by atoms with Gasteiger partial charge in [-0.05, 0) is 20.8 Å². The van der Waals surface area contributed by atoms with Crippen LogP contribution < -0.4 is 0 Å². The highest BCUT2D eigenvalue weighted by molar-refractivity contribution is 7.17. The first-order valence-corrected chi connectivity index (χ1v) is 5.30. The van der Waals surface area contributed by atoms with Crippen molar-refractivity contribution in [1.29, 1.82) is 0 Å². The van der Waals surface area contributed by atoms with Crippen molar-refractivity contribution in [3.8, 4) is 0 Å². The molecule has 3 nitrogen and oxygen atoms in total. The summed E-state index contributed by atoms with van der Waals surface area (Å²) in [6, 6.07) is 0. The van der Waals surface area contributed by atoms with Crippen LogP contribution in [0.15, 0.2) is 0 Å². The Morgan fingerprint density at radius 2 is 1.93 bits per heavy atom. The Hall–Kier alpha value is -1.16. The first-order chi connectivity index (χ1) is 6.52. The molecule has 0 saturated heterocycles. The number of hydrogen-bond donors (Lipinski definition) is 0. The zero-order valence-corrected chi connectivity index (χ0v) is 9.53. The molecule has 0 amide bonds. The minimum atomic E-state index is 0.0375. The van der Waals surface area contributed by atoms with Gasteiger partial charge in [0.1, 0.15) is 5.69 Å². The van der Waals surface area contributed by atoms with Gasteiger partial charge in [0.2, 0.25) is 0 Å². The monoisotopic (exact) mass is 208 g/mol. The van der Waals surface area contributed by atoms with Crippen LogP contribution >= 0.6 is 11.3 Å². The fourth-order valence-corrected chi connectivity index (χ4v) is 2.66. The summed E-state index contributed by atoms with van der Waals surface area (Å²) < 4.78 is 2.05. The summed E-state index contributed by atoms with van der Waals surface area (Å²) in [4.78, 5) is 17.8. The van der Waals surface area contributed by atoms with Crippen LogP contribution in [0.1, 0.15) is 33.7 Å². The number of aromatic nitrogens is 2. The second-order valence-electron chi connectivity index (χ2n) is 3.46. The van der Waals surface area contributed by atoms with Gasteiger partial charge in [0.15, 0.2) is 10.7 Å². The van der Waals surface area contributed by atoms with Gasteiger partial charge in [0, 0.05) is 17.5 Å². The minimum Gasteiger partial charge on any atom is -0.293 e. The van der Waals surface area contributed by atoms with Crippen LogP contribution in [-0.2, 0) is 0 Å². The van der Waals surface area contributed by atoms with E-state index in [-0.39, 0.29) is 5.78 Å². The highest BCUT2D eigenvalue weighted by atomic mass is 32.1. The van der Waals surface area contributed by atoms with E-state index >= 15 is 0 Å². The van der Waals surface area contributed by atoms with E-state index in [4.69, 9.17) is 0 Å². The standard InChI is InChI=1S/C10H12N2OS/c1-5-8(4)14-10-11-9(7(3)13)6(2)12(5)10/h1-4H3. The Morgan fingerprint density at radius 3 is 2.43 bits per heavy atom. The van der Waals surface area contributed by atoms with Crippen molar-refractivity contribution in [3.63, 3.8) is 0 Å². The van der Waals surface area contributed by atoms with Gasteiger partial charge in [-0.2, -0.15) is 0 Å². The largest absolute Gasteiger partial charge is 0.293 e. The number of Topliss-reactive ketones (excluding diaryl/α,β-unsaturated/α-hetero) is 1. The zero-order valence-electron chi connectivity index (χ0n) is 8.71. The number of imidazole rings is 1. The van der Waals surface area contributed by atoms with E-state index in [9.17, 15) is 4.79 Å². The van der Waals surface area contributed by atoms with E-state index in [1.165, 1.54) is 10.6 Å². The Kier molecular flexibility index (Phi) is 1.96. The molecule has 0 aromatic carbocycles. The van der Waals surface area contributed by atoms with Gasteiger partial charge < -0.3 is 0 Å². The third-order valence-electron chi connectivity index (χ3n) is 2.50. The quantitative estimate of drug-likeness (QED) is 0.675. The fourth-order valence-electron chi connectivity index (χ4n) is 1.64. The molecule has 0 aliphatic heterocycles. The zero-order chi connectivity index (χ0) is 10.5. The molecule has 2 aromatic heterocycles. The SMILES string of the molecule is CC(=O)c1nc2sc(C)c(C)n2c1C. The molecule has 0 bridgehead atoms. The molecule has 0 unspecified atom stereocenters. The lowest BCUT2D eigenvalue weighted by atomic mass is 10.2. The average molecular weight is 208 g/mol. The van der Waals surface area contributed by atoms with E-state index in [2.05, 4.69) is 23.2 Å². The molecule has 0 spiro atoms. The fraction of sp³-hybridized carbons (Fsp3) is 0.400. The number of hydrogen-bond acceptors (Lipinski definition) is 3. The molecule has 0 radical (unpaired) electrons. The minimum absolute atomic E-state index is 0.0375. The van der Waals surface area contributed by atoms with E-state index < -0.39 is 0 Å². The van der Waals surface area contributed by atoms with Crippen molar-refractivity contribution >= 4 is 22.1 Å². The second kappa shape index (κ2) is 2.92. The van der Waals surface area contributed by atoms with E-state index in [1.54, 1.807) is 18.3 Å². The number of carbonyl (C=O) groups is 1. The van der Waals surface area contributed by atoms with Gasteiger partial charge in [-0.25, -0.2) is 4.98 Å². The molecule has 0 aliphatic rings. The number of nitrogens with zero attached hydrogens (tertiary/aromatic N) is 2. The smallest absolute Gasteiger partial charge is 0.195 e. The van der Waals surface area contributed by atoms with Gasteiger partial charge in [-0.3, -0.25) is 9.20 Å². The van der Waals surface area contributed by atoms with Gasteiger partial charge >= 0.3 is 0 Å². The van der Waals surface area contributed by atoms with E-state index in [0.717, 1.165) is 10.7 Å². The molecule has 0 fully saturated rings. The van der Waals surface area contributed by atoms with Crippen LogP contribution in [0.2, 0.25) is 0 Å². The van der Waals surface area contributed by atoms with Crippen molar-refractivity contribution in [2.75, 3.05) is 0 Å². The van der Waals surface area contributed by atoms with Crippen LogP contribution in [-0.4, -0.2) is 15.2 Å². The average Bonchev–Trinajstić information content (AvgIpc) is 2.54. The third kappa shape index (κ3) is 1.10. The first kappa shape index (κ1) is 9.40. The van der Waals surface area contributed by atoms with Crippen molar-refractivity contribution in [2.45, 2.75) is 27.7 Å². The lowest BCUT2D eigenvalue weighted by molar-refractivity contribution is 0.101. The number of fused-ring (bicyclic) bond motifs is 1. The van der Waals surface area contributed by atoms with Crippen molar-refractivity contribution < 1.29 is 4.79 Å². The number of aryl methyl sites for hydroxylation is 3. The third-order valence-corrected chi connectivity index (χ3v) is 3.56. The summed E-state index contributed by atoms with van der Waals surface area (Å²) in [5.41, 5.74) is 2.73. The van der Waals surface area contributed by atoms with Crippen molar-refractivity contribution in [3.05, 3.63) is 22.0 Å². The normalized spacial score (nSPS) is 11.1. The molecule has 0 saturated carbocycles. The summed E-state index contributed by atoms with van der Waals surface area (Å²) in [6.07, 6.45) is 0. The predicted octanol–water partition coefficient (Wildman–Crippen LogP) is 2.52. The molecule has 0 N–H and O–H groups in total. The predicted molar refractivity (Wildman–Crippen MR) is 57.3 cm³/mol. The molecular weight excluding hydrogens is 196 g/mol. The Morgan fingerprint density at radius 1 is 1.29 bits per heavy atom. The number of carbonyl (C=O) groups excluding carboxylic acids is 1. The van der Waals surface area contributed by atoms with Gasteiger partial charge in [0.25, 0.3) is 0 Å². The van der Waals surface area contributed by atoms with E-state index in [0.29, 0.717) is 5.69 Å². The highest BCUT2D eigenvalue weighted by Crippen LogP contribution is 2.24. The highest BCUT2D eigenvalue weighted by Gasteiger charge is 2.16. The molecule has 2 heterocycles. The maximum atomic E-state index is 11.3. The Labute approximate surface area is 86.4 Å². The van der Waals surface area contributed by atoms with E-state index in [1.807, 2.05) is 6.92 Å². The topological polar surface area (TPSA) is 34.4 Å². The van der Waals surface area contributed by atoms with Gasteiger partial charge in [0.05, 0.1) is 5.69 Å². The van der Waals surface area contributed by atoms with Crippen molar-refractivity contribution in [2.24, 2.45) is 0 Å². The van der Waals surface area contributed by atoms with Gasteiger partial charge in [-0.15, -0.1) is 11.3 Å². The number of ketones is 1. The molecule has 14 heavy (non-hydrogen) atoms. The molecule has 2 rings (SSSR count). The molecule has 0 atom stereocenters. The van der Waals surface area contributed by atoms with Crippen molar-refractivity contribution in [1.82, 2.24) is 9.38 Å². The summed E-state index contributed by atoms with van der Waals surface area (Å²) >= 11 is 1.63. The lowest BCUT2D eigenvalue weighted by Gasteiger charge is -1.96. The maximum Gasteiger partial charge on any atom is 0.195 e. The molecular formula is C10H12N2OS. The Balaban J connectivity index is 2.84. The van der Waals surface area contributed by atoms with Crippen LogP contribution in [0.25, 0.3) is 4.96 Å². The lowest BCUT2D eigenvalue weighted by Crippen LogP contribution is -1.97. The molecule has 74 valence electrons. The van der Waals surface area contributed by atoms with Crippen LogP contribution in [0.3, 0.4) is 0 Å². The molecule has 2 aromatic rings. The van der Waals surface area contributed by atoms with Crippen LogP contribution in [0, 0.1) is 20.8 Å². The summed E-state index contributed by atoms with van der Waals surface area (Å²) in [5.74, 6) is 0.0375. The number of rotatable bonds is 1. The number of thiazole rings is 1. The second-order valence-corrected chi connectivity index (χ2v) is 4.65.